The number of anilines is 1. The van der Waals surface area contributed by atoms with Crippen LogP contribution < -0.4 is 10.0 Å². The largest absolute Gasteiger partial charge is 0.550 e. The number of carboxylic acids is 1. The molecule has 24 heavy (non-hydrogen) atoms. The van der Waals surface area contributed by atoms with E-state index >= 15 is 0 Å². The van der Waals surface area contributed by atoms with E-state index in [1.165, 1.54) is 16.7 Å². The summed E-state index contributed by atoms with van der Waals surface area (Å²) in [6.45, 7) is 6.13. The van der Waals surface area contributed by atoms with Crippen LogP contribution in [0.25, 0.3) is 6.08 Å². The first-order chi connectivity index (χ1) is 11.5. The third-order valence-electron chi connectivity index (χ3n) is 3.73. The van der Waals surface area contributed by atoms with Crippen LogP contribution in [0.2, 0.25) is 0 Å². The summed E-state index contributed by atoms with van der Waals surface area (Å²) >= 11 is 6.35. The minimum atomic E-state index is -1.19. The van der Waals surface area contributed by atoms with Crippen LogP contribution in [-0.4, -0.2) is 40.7 Å². The zero-order valence-electron chi connectivity index (χ0n) is 13.7. The number of benzene rings is 1. The maximum Gasteiger partial charge on any atom is 0.266 e. The SMILES string of the molecule is CCN(CC)c1ccc(/C=C2/SC(=S)N(CCC(=O)[O-])C2=O)cc1. The van der Waals surface area contributed by atoms with Crippen molar-refractivity contribution in [2.45, 2.75) is 20.3 Å². The van der Waals surface area contributed by atoms with E-state index in [0.29, 0.717) is 9.23 Å². The number of carbonyl (C=O) groups is 2. The van der Waals surface area contributed by atoms with Gasteiger partial charge >= 0.3 is 0 Å². The van der Waals surface area contributed by atoms with E-state index in [4.69, 9.17) is 12.2 Å². The average molecular weight is 363 g/mol. The Kier molecular flexibility index (Phi) is 6.39. The molecule has 5 nitrogen and oxygen atoms in total. The molecule has 1 saturated heterocycles. The van der Waals surface area contributed by atoms with Gasteiger partial charge in [0.2, 0.25) is 0 Å². The van der Waals surface area contributed by atoms with Crippen molar-refractivity contribution in [3.8, 4) is 0 Å². The van der Waals surface area contributed by atoms with Gasteiger partial charge in [-0.1, -0.05) is 36.1 Å². The van der Waals surface area contributed by atoms with Crippen molar-refractivity contribution in [1.29, 1.82) is 0 Å². The van der Waals surface area contributed by atoms with Gasteiger partial charge in [0.05, 0.1) is 4.91 Å². The van der Waals surface area contributed by atoms with Crippen LogP contribution >= 0.6 is 24.0 Å². The van der Waals surface area contributed by atoms with Crippen LogP contribution in [0.5, 0.6) is 0 Å². The summed E-state index contributed by atoms with van der Waals surface area (Å²) in [4.78, 5) is 26.9. The molecule has 0 N–H and O–H groups in total. The van der Waals surface area contributed by atoms with Gasteiger partial charge < -0.3 is 14.8 Å². The predicted molar refractivity (Wildman–Crippen MR) is 99.5 cm³/mol. The van der Waals surface area contributed by atoms with E-state index in [1.54, 1.807) is 6.08 Å². The smallest absolute Gasteiger partial charge is 0.266 e. The zero-order valence-corrected chi connectivity index (χ0v) is 15.3. The molecule has 0 unspecified atom stereocenters. The Balaban J connectivity index is 2.12. The summed E-state index contributed by atoms with van der Waals surface area (Å²) in [6.07, 6.45) is 1.56. The summed E-state index contributed by atoms with van der Waals surface area (Å²) in [5.41, 5.74) is 2.05. The van der Waals surface area contributed by atoms with E-state index < -0.39 is 5.97 Å². The molecule has 1 aliphatic heterocycles. The van der Waals surface area contributed by atoms with Gasteiger partial charge in [0, 0.05) is 37.7 Å². The number of hydrogen-bond acceptors (Lipinski definition) is 6. The fourth-order valence-electron chi connectivity index (χ4n) is 2.42. The zero-order chi connectivity index (χ0) is 17.7. The normalized spacial score (nSPS) is 16.1. The standard InChI is InChI=1S/C17H20N2O3S2/c1-3-18(4-2)13-7-5-12(6-8-13)11-14-16(22)19(17(23)24-14)10-9-15(20)21/h5-8,11H,3-4,9-10H2,1-2H3,(H,20,21)/p-1/b14-11+. The van der Waals surface area contributed by atoms with E-state index in [2.05, 4.69) is 18.7 Å². The fraction of sp³-hybridized carbons (Fsp3) is 0.353. The maximum atomic E-state index is 12.3. The molecule has 1 aliphatic rings. The van der Waals surface area contributed by atoms with Crippen molar-refractivity contribution in [3.63, 3.8) is 0 Å². The topological polar surface area (TPSA) is 63.7 Å². The summed E-state index contributed by atoms with van der Waals surface area (Å²) in [5.74, 6) is -1.45. The molecule has 1 heterocycles. The quantitative estimate of drug-likeness (QED) is 0.544. The van der Waals surface area contributed by atoms with Gasteiger partial charge in [0.25, 0.3) is 5.91 Å². The molecular weight excluding hydrogens is 344 g/mol. The third-order valence-corrected chi connectivity index (χ3v) is 5.11. The van der Waals surface area contributed by atoms with Crippen molar-refractivity contribution in [3.05, 3.63) is 34.7 Å². The van der Waals surface area contributed by atoms with E-state index in [9.17, 15) is 14.7 Å². The number of carboxylic acid groups (broad SMARTS) is 1. The molecule has 1 aromatic carbocycles. The molecule has 1 fully saturated rings. The highest BCUT2D eigenvalue weighted by atomic mass is 32.2. The van der Waals surface area contributed by atoms with Gasteiger partial charge in [0.1, 0.15) is 4.32 Å². The minimum Gasteiger partial charge on any atom is -0.550 e. The second-order valence-electron chi connectivity index (χ2n) is 5.22. The maximum absolute atomic E-state index is 12.3. The summed E-state index contributed by atoms with van der Waals surface area (Å²) < 4.78 is 0.382. The molecule has 0 aromatic heterocycles. The van der Waals surface area contributed by atoms with Crippen molar-refractivity contribution in [2.75, 3.05) is 24.5 Å². The van der Waals surface area contributed by atoms with Crippen molar-refractivity contribution in [1.82, 2.24) is 4.90 Å². The fourth-order valence-corrected chi connectivity index (χ4v) is 3.73. The summed E-state index contributed by atoms with van der Waals surface area (Å²) in [7, 11) is 0. The molecule has 0 spiro atoms. The van der Waals surface area contributed by atoms with Crippen LogP contribution in [-0.2, 0) is 9.59 Å². The highest BCUT2D eigenvalue weighted by molar-refractivity contribution is 8.26. The average Bonchev–Trinajstić information content (AvgIpc) is 2.82. The first-order valence-corrected chi connectivity index (χ1v) is 8.99. The molecule has 0 radical (unpaired) electrons. The van der Waals surface area contributed by atoms with Gasteiger partial charge in [-0.2, -0.15) is 0 Å². The number of nitrogens with zero attached hydrogens (tertiary/aromatic N) is 2. The Labute approximate surface area is 151 Å². The van der Waals surface area contributed by atoms with Crippen LogP contribution in [0.15, 0.2) is 29.2 Å². The molecule has 0 aliphatic carbocycles. The van der Waals surface area contributed by atoms with E-state index in [0.717, 1.165) is 24.3 Å². The van der Waals surface area contributed by atoms with E-state index in [1.807, 2.05) is 24.3 Å². The first-order valence-electron chi connectivity index (χ1n) is 7.76. The molecule has 0 atom stereocenters. The van der Waals surface area contributed by atoms with Gasteiger partial charge in [-0.05, 0) is 37.6 Å². The van der Waals surface area contributed by atoms with E-state index in [-0.39, 0.29) is 18.9 Å². The number of hydrogen-bond donors (Lipinski definition) is 0. The number of amides is 1. The van der Waals surface area contributed by atoms with Crippen molar-refractivity contribution in [2.24, 2.45) is 0 Å². The molecular formula is C17H19N2O3S2-. The summed E-state index contributed by atoms with van der Waals surface area (Å²) in [5, 5.41) is 10.6. The third kappa shape index (κ3) is 4.36. The number of thioether (sulfide) groups is 1. The Morgan fingerprint density at radius 1 is 1.29 bits per heavy atom. The van der Waals surface area contributed by atoms with Crippen LogP contribution in [0.4, 0.5) is 5.69 Å². The molecule has 2 rings (SSSR count). The van der Waals surface area contributed by atoms with Gasteiger partial charge in [-0.3, -0.25) is 9.69 Å². The predicted octanol–water partition coefficient (Wildman–Crippen LogP) is 1.87. The van der Waals surface area contributed by atoms with Crippen molar-refractivity contribution < 1.29 is 14.7 Å². The molecule has 7 heteroatoms. The second-order valence-corrected chi connectivity index (χ2v) is 6.89. The molecule has 128 valence electrons. The molecule has 1 aromatic rings. The molecule has 1 amide bonds. The lowest BCUT2D eigenvalue weighted by Crippen LogP contribution is -2.33. The highest BCUT2D eigenvalue weighted by Gasteiger charge is 2.31. The Bertz CT molecular complexity index is 667. The lowest BCUT2D eigenvalue weighted by atomic mass is 10.1. The lowest BCUT2D eigenvalue weighted by molar-refractivity contribution is -0.305. The van der Waals surface area contributed by atoms with Gasteiger partial charge in [-0.15, -0.1) is 0 Å². The summed E-state index contributed by atoms with van der Waals surface area (Å²) in [6, 6.07) is 7.97. The molecule has 0 bridgehead atoms. The van der Waals surface area contributed by atoms with Gasteiger partial charge in [-0.25, -0.2) is 0 Å². The number of thiocarbonyl (C=S) groups is 1. The Morgan fingerprint density at radius 3 is 2.46 bits per heavy atom. The highest BCUT2D eigenvalue weighted by Crippen LogP contribution is 2.32. The van der Waals surface area contributed by atoms with Gasteiger partial charge in [0.15, 0.2) is 0 Å². The Morgan fingerprint density at radius 2 is 1.92 bits per heavy atom. The minimum absolute atomic E-state index is 0.0469. The van der Waals surface area contributed by atoms with Crippen molar-refractivity contribution >= 4 is 51.9 Å². The lowest BCUT2D eigenvalue weighted by Gasteiger charge is -2.20. The monoisotopic (exact) mass is 363 g/mol. The van der Waals surface area contributed by atoms with Crippen LogP contribution in [0, 0.1) is 0 Å². The second kappa shape index (κ2) is 8.30. The first kappa shape index (κ1) is 18.5. The van der Waals surface area contributed by atoms with Crippen LogP contribution in [0.3, 0.4) is 0 Å². The Hall–Kier alpha value is -1.86. The number of rotatable bonds is 7. The molecule has 0 saturated carbocycles. The number of carbonyl (C=O) groups excluding carboxylic acids is 2. The van der Waals surface area contributed by atoms with Crippen LogP contribution in [0.1, 0.15) is 25.8 Å². The number of aliphatic carboxylic acids is 1.